The molecule has 0 heterocycles. The van der Waals surface area contributed by atoms with Crippen molar-refractivity contribution in [2.24, 2.45) is 5.10 Å². The van der Waals surface area contributed by atoms with E-state index in [0.717, 1.165) is 11.3 Å². The van der Waals surface area contributed by atoms with Gasteiger partial charge in [-0.05, 0) is 64.3 Å². The number of carbonyl (C=O) groups is 2. The van der Waals surface area contributed by atoms with Crippen LogP contribution in [-0.4, -0.2) is 29.6 Å². The number of halogens is 1. The van der Waals surface area contributed by atoms with E-state index in [1.807, 2.05) is 31.2 Å². The van der Waals surface area contributed by atoms with Crippen LogP contribution in [-0.2, 0) is 4.79 Å². The molecular weight excluding hydrogens is 492 g/mol. The van der Waals surface area contributed by atoms with Crippen molar-refractivity contribution < 1.29 is 19.2 Å². The number of nitro groups is 1. The summed E-state index contributed by atoms with van der Waals surface area (Å²) in [5.41, 5.74) is 4.59. The Morgan fingerprint density at radius 3 is 2.64 bits per heavy atom. The third kappa shape index (κ3) is 6.71. The molecule has 0 aliphatic rings. The number of anilines is 1. The Labute approximate surface area is 197 Å². The Hall–Kier alpha value is -4.05. The van der Waals surface area contributed by atoms with Gasteiger partial charge in [-0.15, -0.1) is 0 Å². The molecule has 3 aromatic rings. The minimum Gasteiger partial charge on any atom is -0.483 e. The number of para-hydroxylation sites is 1. The van der Waals surface area contributed by atoms with Crippen molar-refractivity contribution in [2.45, 2.75) is 6.92 Å². The first-order valence-corrected chi connectivity index (χ1v) is 10.5. The normalized spacial score (nSPS) is 10.6. The van der Waals surface area contributed by atoms with Gasteiger partial charge in [0, 0.05) is 23.4 Å². The van der Waals surface area contributed by atoms with Crippen molar-refractivity contribution in [3.05, 3.63) is 98.0 Å². The Morgan fingerprint density at radius 2 is 1.91 bits per heavy atom. The highest BCUT2D eigenvalue weighted by Crippen LogP contribution is 2.25. The van der Waals surface area contributed by atoms with Crippen molar-refractivity contribution in [1.82, 2.24) is 5.43 Å². The van der Waals surface area contributed by atoms with E-state index in [4.69, 9.17) is 4.74 Å². The number of hydrogen-bond acceptors (Lipinski definition) is 6. The van der Waals surface area contributed by atoms with Gasteiger partial charge in [-0.2, -0.15) is 5.10 Å². The third-order valence-electron chi connectivity index (χ3n) is 4.43. The predicted molar refractivity (Wildman–Crippen MR) is 128 cm³/mol. The van der Waals surface area contributed by atoms with Crippen LogP contribution in [0.25, 0.3) is 0 Å². The molecule has 3 rings (SSSR count). The largest absolute Gasteiger partial charge is 0.483 e. The topological polar surface area (TPSA) is 123 Å². The minimum atomic E-state index is -0.576. The molecule has 0 aliphatic carbocycles. The molecule has 0 fully saturated rings. The molecule has 10 heteroatoms. The van der Waals surface area contributed by atoms with Crippen molar-refractivity contribution >= 4 is 45.3 Å². The molecule has 0 spiro atoms. The summed E-state index contributed by atoms with van der Waals surface area (Å²) in [6.45, 7) is 1.74. The van der Waals surface area contributed by atoms with Gasteiger partial charge in [0.05, 0.1) is 15.6 Å². The summed E-state index contributed by atoms with van der Waals surface area (Å²) in [6, 6.07) is 17.9. The first kappa shape index (κ1) is 23.6. The third-order valence-corrected chi connectivity index (χ3v) is 5.05. The summed E-state index contributed by atoms with van der Waals surface area (Å²) in [5.74, 6) is -0.396. The first-order valence-electron chi connectivity index (χ1n) is 9.69. The van der Waals surface area contributed by atoms with E-state index in [-0.39, 0.29) is 23.8 Å². The first-order chi connectivity index (χ1) is 15.8. The lowest BCUT2D eigenvalue weighted by Gasteiger charge is -2.10. The van der Waals surface area contributed by atoms with Crippen molar-refractivity contribution in [1.29, 1.82) is 0 Å². The Bertz CT molecular complexity index is 1230. The fourth-order valence-corrected chi connectivity index (χ4v) is 3.26. The number of non-ortho nitro benzene ring substituents is 1. The van der Waals surface area contributed by atoms with Gasteiger partial charge in [-0.1, -0.05) is 24.3 Å². The molecule has 9 nitrogen and oxygen atoms in total. The summed E-state index contributed by atoms with van der Waals surface area (Å²) in [4.78, 5) is 34.5. The van der Waals surface area contributed by atoms with Gasteiger partial charge in [-0.25, -0.2) is 5.43 Å². The van der Waals surface area contributed by atoms with Crippen LogP contribution < -0.4 is 15.5 Å². The van der Waals surface area contributed by atoms with Crippen molar-refractivity contribution in [3.63, 3.8) is 0 Å². The molecule has 33 heavy (non-hydrogen) atoms. The standard InChI is InChI=1S/C23H19BrN4O5/c1-15-5-2-3-8-20(15)26-22(29)14-33-21-10-9-16(11-19(21)24)13-25-27-23(30)17-6-4-7-18(12-17)28(31)32/h2-13H,14H2,1H3,(H,26,29)(H,27,30)/b25-13+. The molecule has 0 saturated carbocycles. The maximum Gasteiger partial charge on any atom is 0.271 e. The second-order valence-corrected chi connectivity index (χ2v) is 7.70. The van der Waals surface area contributed by atoms with E-state index in [1.54, 1.807) is 18.2 Å². The molecule has 0 aromatic heterocycles. The summed E-state index contributed by atoms with van der Waals surface area (Å²) < 4.78 is 6.17. The highest BCUT2D eigenvalue weighted by Gasteiger charge is 2.11. The number of hydrazone groups is 1. The molecule has 0 bridgehead atoms. The van der Waals surface area contributed by atoms with E-state index >= 15 is 0 Å². The fourth-order valence-electron chi connectivity index (χ4n) is 2.75. The van der Waals surface area contributed by atoms with Gasteiger partial charge in [-0.3, -0.25) is 19.7 Å². The van der Waals surface area contributed by atoms with Gasteiger partial charge in [0.1, 0.15) is 5.75 Å². The lowest BCUT2D eigenvalue weighted by Crippen LogP contribution is -2.20. The number of nitro benzene ring substituents is 1. The molecule has 0 aliphatic heterocycles. The zero-order valence-corrected chi connectivity index (χ0v) is 19.0. The maximum absolute atomic E-state index is 12.1. The van der Waals surface area contributed by atoms with E-state index < -0.39 is 10.8 Å². The molecular formula is C23H19BrN4O5. The van der Waals surface area contributed by atoms with E-state index in [1.165, 1.54) is 30.5 Å². The summed E-state index contributed by atoms with van der Waals surface area (Å²) >= 11 is 3.39. The van der Waals surface area contributed by atoms with Gasteiger partial charge in [0.2, 0.25) is 0 Å². The highest BCUT2D eigenvalue weighted by molar-refractivity contribution is 9.10. The molecule has 3 aromatic carbocycles. The minimum absolute atomic E-state index is 0.121. The number of hydrogen-bond donors (Lipinski definition) is 2. The van der Waals surface area contributed by atoms with Crippen LogP contribution in [0.15, 0.2) is 76.3 Å². The van der Waals surface area contributed by atoms with Crippen LogP contribution in [0.4, 0.5) is 11.4 Å². The van der Waals surface area contributed by atoms with Gasteiger partial charge < -0.3 is 10.1 Å². The van der Waals surface area contributed by atoms with Crippen LogP contribution in [0, 0.1) is 17.0 Å². The van der Waals surface area contributed by atoms with E-state index in [0.29, 0.717) is 15.8 Å². The number of aryl methyl sites for hydroxylation is 1. The highest BCUT2D eigenvalue weighted by atomic mass is 79.9. The molecule has 0 radical (unpaired) electrons. The Kier molecular flexibility index (Phi) is 7.87. The molecule has 0 unspecified atom stereocenters. The molecule has 168 valence electrons. The van der Waals surface area contributed by atoms with Gasteiger partial charge in [0.25, 0.3) is 17.5 Å². The number of carbonyl (C=O) groups excluding carboxylic acids is 2. The quantitative estimate of drug-likeness (QED) is 0.263. The second kappa shape index (κ2) is 11.0. The zero-order valence-electron chi connectivity index (χ0n) is 17.4. The second-order valence-electron chi connectivity index (χ2n) is 6.85. The lowest BCUT2D eigenvalue weighted by molar-refractivity contribution is -0.384. The number of rotatable bonds is 8. The van der Waals surface area contributed by atoms with Gasteiger partial charge in [0.15, 0.2) is 6.61 Å². The SMILES string of the molecule is Cc1ccccc1NC(=O)COc1ccc(/C=N/NC(=O)c2cccc([N+](=O)[O-])c2)cc1Br. The summed E-state index contributed by atoms with van der Waals surface area (Å²) in [5, 5.41) is 17.5. The van der Waals surface area contributed by atoms with Crippen LogP contribution in [0.1, 0.15) is 21.5 Å². The number of ether oxygens (including phenoxy) is 1. The van der Waals surface area contributed by atoms with E-state index in [9.17, 15) is 19.7 Å². The molecule has 2 N–H and O–H groups in total. The average Bonchev–Trinajstić information content (AvgIpc) is 2.80. The maximum atomic E-state index is 12.1. The molecule has 2 amide bonds. The number of nitrogens with one attached hydrogen (secondary N) is 2. The average molecular weight is 511 g/mol. The molecule has 0 atom stereocenters. The van der Waals surface area contributed by atoms with Crippen LogP contribution in [0.3, 0.4) is 0 Å². The van der Waals surface area contributed by atoms with Crippen LogP contribution in [0.2, 0.25) is 0 Å². The van der Waals surface area contributed by atoms with Crippen molar-refractivity contribution in [3.8, 4) is 5.75 Å². The number of benzene rings is 3. The Balaban J connectivity index is 1.54. The number of amides is 2. The van der Waals surface area contributed by atoms with E-state index in [2.05, 4.69) is 31.8 Å². The zero-order chi connectivity index (χ0) is 23.8. The Morgan fingerprint density at radius 1 is 1.12 bits per heavy atom. The molecule has 0 saturated heterocycles. The van der Waals surface area contributed by atoms with Crippen LogP contribution in [0.5, 0.6) is 5.75 Å². The predicted octanol–water partition coefficient (Wildman–Crippen LogP) is 4.45. The summed E-state index contributed by atoms with van der Waals surface area (Å²) in [7, 11) is 0. The summed E-state index contributed by atoms with van der Waals surface area (Å²) in [6.07, 6.45) is 1.41. The smallest absolute Gasteiger partial charge is 0.271 e. The van der Waals surface area contributed by atoms with Gasteiger partial charge >= 0.3 is 0 Å². The monoisotopic (exact) mass is 510 g/mol. The fraction of sp³-hybridized carbons (Fsp3) is 0.0870. The van der Waals surface area contributed by atoms with Crippen LogP contribution >= 0.6 is 15.9 Å². The lowest BCUT2D eigenvalue weighted by atomic mass is 10.2. The number of nitrogens with zero attached hydrogens (tertiary/aromatic N) is 2. The van der Waals surface area contributed by atoms with Crippen molar-refractivity contribution in [2.75, 3.05) is 11.9 Å².